The van der Waals surface area contributed by atoms with E-state index in [0.29, 0.717) is 5.69 Å². The summed E-state index contributed by atoms with van der Waals surface area (Å²) >= 11 is 6.01. The van der Waals surface area contributed by atoms with Crippen LogP contribution in [0.2, 0.25) is 5.15 Å². The van der Waals surface area contributed by atoms with Crippen molar-refractivity contribution in [3.8, 4) is 0 Å². The average Bonchev–Trinajstić information content (AvgIpc) is 3.28. The first-order valence-electron chi connectivity index (χ1n) is 9.67. The molecule has 0 aliphatic rings. The van der Waals surface area contributed by atoms with Crippen molar-refractivity contribution in [1.29, 1.82) is 0 Å². The number of hydrogen-bond acceptors (Lipinski definition) is 7. The van der Waals surface area contributed by atoms with Gasteiger partial charge in [0.1, 0.15) is 17.4 Å². The predicted octanol–water partition coefficient (Wildman–Crippen LogP) is 2.08. The first-order valence-corrected chi connectivity index (χ1v) is 10.0. The second-order valence-electron chi connectivity index (χ2n) is 7.00. The predicted molar refractivity (Wildman–Crippen MR) is 116 cm³/mol. The maximum atomic E-state index is 14.3. The summed E-state index contributed by atoms with van der Waals surface area (Å²) in [7, 11) is 0. The van der Waals surface area contributed by atoms with E-state index in [-0.39, 0.29) is 17.5 Å². The number of carbonyl (C=O) groups excluding carboxylic acids is 1. The normalized spacial score (nSPS) is 11.5. The second kappa shape index (κ2) is 9.28. The summed E-state index contributed by atoms with van der Waals surface area (Å²) in [6.45, 7) is -1.24. The number of halogens is 3. The van der Waals surface area contributed by atoms with E-state index in [4.69, 9.17) is 11.6 Å². The van der Waals surface area contributed by atoms with Crippen molar-refractivity contribution >= 4 is 34.2 Å². The van der Waals surface area contributed by atoms with Gasteiger partial charge < -0.3 is 10.6 Å². The zero-order chi connectivity index (χ0) is 23.4. The van der Waals surface area contributed by atoms with Gasteiger partial charge in [-0.2, -0.15) is 13.9 Å². The van der Waals surface area contributed by atoms with Crippen LogP contribution in [0.4, 0.5) is 14.6 Å². The molecule has 0 fully saturated rings. The lowest BCUT2D eigenvalue weighted by atomic mass is 10.2. The van der Waals surface area contributed by atoms with Crippen molar-refractivity contribution in [3.05, 3.63) is 75.9 Å². The smallest absolute Gasteiger partial charge is 0.306 e. The molecule has 0 bridgehead atoms. The van der Waals surface area contributed by atoms with Crippen LogP contribution in [0.5, 0.6) is 0 Å². The number of rotatable bonds is 8. The molecule has 4 heterocycles. The zero-order valence-electron chi connectivity index (χ0n) is 16.9. The summed E-state index contributed by atoms with van der Waals surface area (Å²) in [4.78, 5) is 36.7. The molecular formula is C20H17ClF2N8O2. The number of fused-ring (bicyclic) bond motifs is 1. The first kappa shape index (κ1) is 22.3. The Morgan fingerprint density at radius 2 is 2.03 bits per heavy atom. The molecule has 0 aliphatic carbocycles. The average molecular weight is 475 g/mol. The molecule has 4 aromatic rings. The van der Waals surface area contributed by atoms with Gasteiger partial charge in [-0.3, -0.25) is 29.2 Å². The van der Waals surface area contributed by atoms with Gasteiger partial charge in [0.05, 0.1) is 42.9 Å². The fourth-order valence-corrected chi connectivity index (χ4v) is 3.16. The maximum absolute atomic E-state index is 14.3. The summed E-state index contributed by atoms with van der Waals surface area (Å²) in [5, 5.41) is 12.4. The molecule has 170 valence electrons. The highest BCUT2D eigenvalue weighted by Gasteiger charge is 2.33. The number of anilines is 1. The van der Waals surface area contributed by atoms with E-state index in [9.17, 15) is 18.4 Å². The molecule has 10 nitrogen and oxygen atoms in total. The van der Waals surface area contributed by atoms with Gasteiger partial charge in [-0.05, 0) is 18.2 Å². The Morgan fingerprint density at radius 3 is 2.82 bits per heavy atom. The number of nitrogens with zero attached hydrogens (tertiary/aromatic N) is 5. The van der Waals surface area contributed by atoms with E-state index in [1.807, 2.05) is 0 Å². The van der Waals surface area contributed by atoms with Gasteiger partial charge in [0, 0.05) is 11.6 Å². The molecule has 1 amide bonds. The van der Waals surface area contributed by atoms with Crippen LogP contribution < -0.4 is 16.2 Å². The highest BCUT2D eigenvalue weighted by atomic mass is 35.5. The molecule has 4 aromatic heterocycles. The lowest BCUT2D eigenvalue weighted by molar-refractivity contribution is -0.121. The van der Waals surface area contributed by atoms with Crippen LogP contribution in [-0.2, 0) is 23.8 Å². The van der Waals surface area contributed by atoms with Gasteiger partial charge in [0.2, 0.25) is 5.91 Å². The quantitative estimate of drug-likeness (QED) is 0.356. The summed E-state index contributed by atoms with van der Waals surface area (Å²) < 4.78 is 29.6. The lowest BCUT2D eigenvalue weighted by Crippen LogP contribution is -2.35. The molecule has 3 N–H and O–H groups in total. The third-order valence-electron chi connectivity index (χ3n) is 4.67. The van der Waals surface area contributed by atoms with Gasteiger partial charge in [-0.15, -0.1) is 0 Å². The highest BCUT2D eigenvalue weighted by molar-refractivity contribution is 6.29. The number of hydrogen-bond donors (Lipinski definition) is 3. The molecule has 0 aromatic carbocycles. The second-order valence-corrected chi connectivity index (χ2v) is 7.39. The van der Waals surface area contributed by atoms with Crippen molar-refractivity contribution < 1.29 is 13.6 Å². The van der Waals surface area contributed by atoms with Crippen LogP contribution in [0.3, 0.4) is 0 Å². The van der Waals surface area contributed by atoms with Gasteiger partial charge >= 0.3 is 5.92 Å². The summed E-state index contributed by atoms with van der Waals surface area (Å²) in [5.41, 5.74) is 0.0826. The molecule has 0 saturated heterocycles. The molecule has 0 spiro atoms. The van der Waals surface area contributed by atoms with Crippen LogP contribution in [0.1, 0.15) is 11.4 Å². The minimum absolute atomic E-state index is 0.110. The van der Waals surface area contributed by atoms with E-state index < -0.39 is 36.2 Å². The number of H-pyrrole nitrogens is 1. The Hall–Kier alpha value is -3.93. The molecular weight excluding hydrogens is 458 g/mol. The van der Waals surface area contributed by atoms with Crippen LogP contribution in [0, 0.1) is 0 Å². The Balaban J connectivity index is 1.41. The van der Waals surface area contributed by atoms with Crippen molar-refractivity contribution in [3.63, 3.8) is 0 Å². The summed E-state index contributed by atoms with van der Waals surface area (Å²) in [6, 6.07) is 5.89. The molecule has 0 radical (unpaired) electrons. The molecule has 0 saturated carbocycles. The minimum Gasteiger partial charge on any atom is -0.359 e. The van der Waals surface area contributed by atoms with Crippen LogP contribution in [-0.4, -0.2) is 42.2 Å². The number of carbonyl (C=O) groups is 1. The van der Waals surface area contributed by atoms with Crippen molar-refractivity contribution in [1.82, 2.24) is 35.0 Å². The first-order chi connectivity index (χ1) is 15.8. The maximum Gasteiger partial charge on any atom is 0.306 e. The number of aromatic nitrogens is 6. The molecule has 0 unspecified atom stereocenters. The summed E-state index contributed by atoms with van der Waals surface area (Å²) in [6.07, 6.45) is 5.57. The van der Waals surface area contributed by atoms with E-state index in [2.05, 4.69) is 35.8 Å². The Bertz CT molecular complexity index is 1340. The fraction of sp³-hybridized carbons (Fsp3) is 0.200. The van der Waals surface area contributed by atoms with Gasteiger partial charge in [0.15, 0.2) is 5.82 Å². The van der Waals surface area contributed by atoms with E-state index in [1.54, 1.807) is 18.5 Å². The van der Waals surface area contributed by atoms with Crippen molar-refractivity contribution in [2.75, 3.05) is 11.9 Å². The van der Waals surface area contributed by atoms with Crippen molar-refractivity contribution in [2.45, 2.75) is 19.0 Å². The standard InChI is InChI=1S/C20H17ClF2N8O2/c21-16-9-27-18(28-11-20(22,23)15-3-1-2-4-24-15)19(33)31(16)10-17(32)26-7-13-5-12-6-29-30-14(12)8-25-13/h1-6,8-9H,7,10-11H2,(H,26,32)(H,27,28)(H,29,30). The number of pyridine rings is 2. The van der Waals surface area contributed by atoms with Crippen LogP contribution >= 0.6 is 11.6 Å². The Kier molecular flexibility index (Phi) is 6.27. The third-order valence-corrected chi connectivity index (χ3v) is 4.97. The summed E-state index contributed by atoms with van der Waals surface area (Å²) in [5.74, 6) is -4.24. The minimum atomic E-state index is -3.35. The van der Waals surface area contributed by atoms with Gasteiger partial charge in [-0.1, -0.05) is 17.7 Å². The van der Waals surface area contributed by atoms with E-state index >= 15 is 0 Å². The largest absolute Gasteiger partial charge is 0.359 e. The zero-order valence-corrected chi connectivity index (χ0v) is 17.7. The van der Waals surface area contributed by atoms with Crippen LogP contribution in [0.25, 0.3) is 10.9 Å². The monoisotopic (exact) mass is 474 g/mol. The number of nitrogens with one attached hydrogen (secondary N) is 3. The van der Waals surface area contributed by atoms with Gasteiger partial charge in [0.25, 0.3) is 5.56 Å². The molecule has 0 atom stereocenters. The molecule has 13 heteroatoms. The Morgan fingerprint density at radius 1 is 1.18 bits per heavy atom. The highest BCUT2D eigenvalue weighted by Crippen LogP contribution is 2.25. The number of aromatic amines is 1. The fourth-order valence-electron chi connectivity index (χ4n) is 2.97. The number of amides is 1. The SMILES string of the molecule is O=C(Cn1c(Cl)cnc(NCC(F)(F)c2ccccn2)c1=O)NCc1cc2cn[nH]c2cn1. The van der Waals surface area contributed by atoms with E-state index in [1.165, 1.54) is 24.4 Å². The topological polar surface area (TPSA) is 130 Å². The third kappa shape index (κ3) is 5.12. The van der Waals surface area contributed by atoms with Gasteiger partial charge in [-0.25, -0.2) is 4.98 Å². The molecule has 4 rings (SSSR count). The lowest BCUT2D eigenvalue weighted by Gasteiger charge is -2.17. The number of alkyl halides is 2. The Labute approximate surface area is 190 Å². The van der Waals surface area contributed by atoms with E-state index in [0.717, 1.165) is 21.7 Å². The molecule has 33 heavy (non-hydrogen) atoms. The molecule has 0 aliphatic heterocycles. The van der Waals surface area contributed by atoms with Crippen LogP contribution in [0.15, 0.2) is 53.8 Å². The van der Waals surface area contributed by atoms with Crippen molar-refractivity contribution in [2.24, 2.45) is 0 Å².